The normalized spacial score (nSPS) is 16.9. The third kappa shape index (κ3) is 3.84. The molecular weight excluding hydrogens is 386 g/mol. The summed E-state index contributed by atoms with van der Waals surface area (Å²) in [6.45, 7) is 2.03. The topological polar surface area (TPSA) is 94.9 Å². The Bertz CT molecular complexity index is 904. The third-order valence-electron chi connectivity index (χ3n) is 4.85. The summed E-state index contributed by atoms with van der Waals surface area (Å²) in [6, 6.07) is 1.78. The van der Waals surface area contributed by atoms with E-state index in [1.165, 1.54) is 11.3 Å². The zero-order chi connectivity index (χ0) is 18.1. The number of thiophene rings is 1. The van der Waals surface area contributed by atoms with Gasteiger partial charge >= 0.3 is 0 Å². The van der Waals surface area contributed by atoms with Crippen LogP contribution < -0.4 is 5.73 Å². The van der Waals surface area contributed by atoms with Gasteiger partial charge in [0.15, 0.2) is 5.82 Å². The van der Waals surface area contributed by atoms with E-state index in [1.54, 1.807) is 18.6 Å². The second-order valence-electron chi connectivity index (χ2n) is 6.56. The number of amides is 1. The molecule has 1 aliphatic rings. The summed E-state index contributed by atoms with van der Waals surface area (Å²) < 4.78 is 4.00. The Labute approximate surface area is 167 Å². The summed E-state index contributed by atoms with van der Waals surface area (Å²) in [5.41, 5.74) is 6.47. The molecule has 0 aliphatic carbocycles. The first-order valence-corrected chi connectivity index (χ1v) is 9.47. The van der Waals surface area contributed by atoms with Gasteiger partial charge in [0.1, 0.15) is 10.7 Å². The Morgan fingerprint density at radius 3 is 2.96 bits per heavy atom. The minimum Gasteiger partial charge on any atom is -0.397 e. The number of imidazole rings is 1. The first kappa shape index (κ1) is 19.4. The molecule has 8 nitrogen and oxygen atoms in total. The number of likely N-dealkylation sites (tertiary alicyclic amines) is 1. The van der Waals surface area contributed by atoms with E-state index in [4.69, 9.17) is 5.73 Å². The number of nitrogen functional groups attached to an aromatic ring is 1. The molecule has 0 aromatic carbocycles. The molecular formula is C17H22ClN7OS. The summed E-state index contributed by atoms with van der Waals surface area (Å²) in [4.78, 5) is 19.3. The van der Waals surface area contributed by atoms with Crippen molar-refractivity contribution in [3.63, 3.8) is 0 Å². The van der Waals surface area contributed by atoms with Crippen molar-refractivity contribution in [1.82, 2.24) is 29.2 Å². The molecule has 1 saturated heterocycles. The average molecular weight is 408 g/mol. The summed E-state index contributed by atoms with van der Waals surface area (Å²) >= 11 is 1.40. The van der Waals surface area contributed by atoms with E-state index in [1.807, 2.05) is 32.7 Å². The second kappa shape index (κ2) is 8.10. The van der Waals surface area contributed by atoms with E-state index < -0.39 is 0 Å². The monoisotopic (exact) mass is 407 g/mol. The van der Waals surface area contributed by atoms with Crippen LogP contribution in [-0.2, 0) is 13.6 Å². The molecule has 2 N–H and O–H groups in total. The fraction of sp³-hybridized carbons (Fsp3) is 0.412. The van der Waals surface area contributed by atoms with Crippen LogP contribution in [0.25, 0.3) is 0 Å². The van der Waals surface area contributed by atoms with Crippen molar-refractivity contribution in [2.75, 3.05) is 18.8 Å². The minimum atomic E-state index is 0. The maximum absolute atomic E-state index is 12.8. The number of nitrogens with two attached hydrogens (primary N) is 1. The van der Waals surface area contributed by atoms with E-state index in [0.29, 0.717) is 23.7 Å². The largest absolute Gasteiger partial charge is 0.397 e. The SMILES string of the molecule is Cl.Cn1c(Cn2ccnc2)nnc1C1CCCN(C(=O)c2sccc2N)C1. The van der Waals surface area contributed by atoms with E-state index in [9.17, 15) is 4.79 Å². The van der Waals surface area contributed by atoms with Gasteiger partial charge in [-0.15, -0.1) is 33.9 Å². The molecule has 3 aromatic rings. The highest BCUT2D eigenvalue weighted by atomic mass is 35.5. The lowest BCUT2D eigenvalue weighted by molar-refractivity contribution is 0.0709. The molecule has 0 spiro atoms. The van der Waals surface area contributed by atoms with Crippen LogP contribution in [-0.4, -0.2) is 48.2 Å². The van der Waals surface area contributed by atoms with E-state index >= 15 is 0 Å². The number of piperidine rings is 1. The van der Waals surface area contributed by atoms with Crippen molar-refractivity contribution in [2.45, 2.75) is 25.3 Å². The van der Waals surface area contributed by atoms with Crippen LogP contribution in [0.3, 0.4) is 0 Å². The summed E-state index contributed by atoms with van der Waals surface area (Å²) in [5.74, 6) is 2.01. The fourth-order valence-corrected chi connectivity index (χ4v) is 4.21. The van der Waals surface area contributed by atoms with Gasteiger partial charge in [-0.05, 0) is 24.3 Å². The Balaban J connectivity index is 0.00000210. The van der Waals surface area contributed by atoms with Crippen molar-refractivity contribution in [3.05, 3.63) is 46.7 Å². The Morgan fingerprint density at radius 2 is 2.26 bits per heavy atom. The van der Waals surface area contributed by atoms with Gasteiger partial charge in [-0.1, -0.05) is 0 Å². The Kier molecular flexibility index (Phi) is 5.81. The maximum Gasteiger partial charge on any atom is 0.266 e. The first-order valence-electron chi connectivity index (χ1n) is 8.59. The highest BCUT2D eigenvalue weighted by molar-refractivity contribution is 7.12. The number of anilines is 1. The van der Waals surface area contributed by atoms with Crippen molar-refractivity contribution in [3.8, 4) is 0 Å². The van der Waals surface area contributed by atoms with Gasteiger partial charge in [0.25, 0.3) is 5.91 Å². The van der Waals surface area contributed by atoms with Crippen molar-refractivity contribution >= 4 is 35.3 Å². The molecule has 0 bridgehead atoms. The average Bonchev–Trinajstić information content (AvgIpc) is 3.38. The molecule has 1 fully saturated rings. The molecule has 10 heteroatoms. The summed E-state index contributed by atoms with van der Waals surface area (Å²) in [5, 5.41) is 10.6. The summed E-state index contributed by atoms with van der Waals surface area (Å²) in [7, 11) is 1.99. The van der Waals surface area contributed by atoms with Crippen LogP contribution in [0.4, 0.5) is 5.69 Å². The minimum absolute atomic E-state index is 0. The van der Waals surface area contributed by atoms with Crippen molar-refractivity contribution in [1.29, 1.82) is 0 Å². The molecule has 1 aliphatic heterocycles. The van der Waals surface area contributed by atoms with Gasteiger partial charge in [-0.2, -0.15) is 0 Å². The molecule has 3 aromatic heterocycles. The van der Waals surface area contributed by atoms with E-state index in [0.717, 1.165) is 31.0 Å². The molecule has 0 radical (unpaired) electrons. The van der Waals surface area contributed by atoms with Crippen LogP contribution in [0.1, 0.15) is 40.1 Å². The van der Waals surface area contributed by atoms with Crippen LogP contribution >= 0.6 is 23.7 Å². The lowest BCUT2D eigenvalue weighted by atomic mass is 9.97. The predicted molar refractivity (Wildman–Crippen MR) is 106 cm³/mol. The molecule has 1 atom stereocenters. The number of hydrogen-bond acceptors (Lipinski definition) is 6. The highest BCUT2D eigenvalue weighted by Gasteiger charge is 2.30. The predicted octanol–water partition coefficient (Wildman–Crippen LogP) is 2.15. The molecule has 0 saturated carbocycles. The van der Waals surface area contributed by atoms with Gasteiger partial charge in [-0.3, -0.25) is 4.79 Å². The maximum atomic E-state index is 12.8. The third-order valence-corrected chi connectivity index (χ3v) is 5.76. The van der Waals surface area contributed by atoms with Gasteiger partial charge in [-0.25, -0.2) is 4.98 Å². The fourth-order valence-electron chi connectivity index (χ4n) is 3.42. The molecule has 4 rings (SSSR count). The molecule has 27 heavy (non-hydrogen) atoms. The van der Waals surface area contributed by atoms with Crippen molar-refractivity contribution < 1.29 is 4.79 Å². The van der Waals surface area contributed by atoms with Crippen molar-refractivity contribution in [2.24, 2.45) is 7.05 Å². The smallest absolute Gasteiger partial charge is 0.266 e. The highest BCUT2D eigenvalue weighted by Crippen LogP contribution is 2.29. The quantitative estimate of drug-likeness (QED) is 0.714. The number of carbonyl (C=O) groups excluding carboxylic acids is 1. The molecule has 1 amide bonds. The van der Waals surface area contributed by atoms with Crippen LogP contribution in [0.15, 0.2) is 30.2 Å². The zero-order valence-electron chi connectivity index (χ0n) is 15.0. The number of nitrogens with zero attached hydrogens (tertiary/aromatic N) is 6. The van der Waals surface area contributed by atoms with Crippen LogP contribution in [0.2, 0.25) is 0 Å². The Hall–Kier alpha value is -2.39. The van der Waals surface area contributed by atoms with Crippen LogP contribution in [0.5, 0.6) is 0 Å². The standard InChI is InChI=1S/C17H21N7OS.ClH/c1-22-14(10-23-7-5-19-11-23)20-21-16(22)12-3-2-6-24(9-12)17(25)15-13(18)4-8-26-15;/h4-5,7-8,11-12H,2-3,6,9-10,18H2,1H3;1H. The molecule has 144 valence electrons. The molecule has 1 unspecified atom stereocenters. The van der Waals surface area contributed by atoms with E-state index in [-0.39, 0.29) is 24.2 Å². The Morgan fingerprint density at radius 1 is 1.41 bits per heavy atom. The van der Waals surface area contributed by atoms with Gasteiger partial charge in [0.2, 0.25) is 0 Å². The second-order valence-corrected chi connectivity index (χ2v) is 7.48. The lowest BCUT2D eigenvalue weighted by Crippen LogP contribution is -2.39. The number of halogens is 1. The van der Waals surface area contributed by atoms with Gasteiger partial charge in [0, 0.05) is 38.4 Å². The molecule has 4 heterocycles. The summed E-state index contributed by atoms with van der Waals surface area (Å²) in [6.07, 6.45) is 7.37. The first-order chi connectivity index (χ1) is 12.6. The van der Waals surface area contributed by atoms with Gasteiger partial charge < -0.3 is 19.8 Å². The lowest BCUT2D eigenvalue weighted by Gasteiger charge is -2.32. The van der Waals surface area contributed by atoms with Gasteiger partial charge in [0.05, 0.1) is 18.6 Å². The zero-order valence-corrected chi connectivity index (χ0v) is 16.6. The van der Waals surface area contributed by atoms with E-state index in [2.05, 4.69) is 15.2 Å². The van der Waals surface area contributed by atoms with Crippen LogP contribution in [0, 0.1) is 0 Å². The number of rotatable bonds is 4. The number of hydrogen-bond donors (Lipinski definition) is 1. The number of carbonyl (C=O) groups is 1. The number of aromatic nitrogens is 5.